The van der Waals surface area contributed by atoms with Crippen molar-refractivity contribution >= 4 is 33.4 Å². The molecule has 0 radical (unpaired) electrons. The average molecular weight is 390 g/mol. The SMILES string of the molecule is CC(C)(C)NS(=O)(=O)c1ccc(B2OC(C)(C)C(C)(C)O2)c2ccncc12. The van der Waals surface area contributed by atoms with Gasteiger partial charge in [0.1, 0.15) is 0 Å². The third kappa shape index (κ3) is 3.76. The number of hydrogen-bond acceptors (Lipinski definition) is 5. The molecule has 8 heteroatoms. The highest BCUT2D eigenvalue weighted by Gasteiger charge is 2.52. The fourth-order valence-corrected chi connectivity index (χ4v) is 4.67. The van der Waals surface area contributed by atoms with Crippen LogP contribution in [0.5, 0.6) is 0 Å². The van der Waals surface area contributed by atoms with Crippen LogP contribution >= 0.6 is 0 Å². The van der Waals surface area contributed by atoms with Gasteiger partial charge in [0, 0.05) is 23.3 Å². The van der Waals surface area contributed by atoms with Gasteiger partial charge < -0.3 is 9.31 Å². The predicted octanol–water partition coefficient (Wildman–Crippen LogP) is 2.61. The van der Waals surface area contributed by atoms with Crippen LogP contribution in [0.25, 0.3) is 10.8 Å². The highest BCUT2D eigenvalue weighted by atomic mass is 32.2. The molecule has 1 aromatic heterocycles. The molecule has 0 amide bonds. The Morgan fingerprint density at radius 1 is 1.00 bits per heavy atom. The average Bonchev–Trinajstić information content (AvgIpc) is 2.71. The number of nitrogens with zero attached hydrogens (tertiary/aromatic N) is 1. The smallest absolute Gasteiger partial charge is 0.399 e. The van der Waals surface area contributed by atoms with Crippen LogP contribution in [0.3, 0.4) is 0 Å². The van der Waals surface area contributed by atoms with Crippen LogP contribution in [0, 0.1) is 0 Å². The topological polar surface area (TPSA) is 77.5 Å². The summed E-state index contributed by atoms with van der Waals surface area (Å²) in [5, 5.41) is 1.29. The molecule has 2 heterocycles. The van der Waals surface area contributed by atoms with Crippen molar-refractivity contribution in [1.82, 2.24) is 9.71 Å². The summed E-state index contributed by atoms with van der Waals surface area (Å²) in [5.41, 5.74) is -0.746. The highest BCUT2D eigenvalue weighted by molar-refractivity contribution is 7.89. The van der Waals surface area contributed by atoms with E-state index in [1.165, 1.54) is 0 Å². The van der Waals surface area contributed by atoms with Crippen LogP contribution in [0.2, 0.25) is 0 Å². The van der Waals surface area contributed by atoms with E-state index >= 15 is 0 Å². The second kappa shape index (κ2) is 6.27. The summed E-state index contributed by atoms with van der Waals surface area (Å²) < 4.78 is 40.8. The van der Waals surface area contributed by atoms with Crippen LogP contribution in [0.1, 0.15) is 48.5 Å². The Morgan fingerprint density at radius 2 is 1.59 bits per heavy atom. The van der Waals surface area contributed by atoms with Crippen LogP contribution in [-0.2, 0) is 19.3 Å². The lowest BCUT2D eigenvalue weighted by Gasteiger charge is -2.32. The van der Waals surface area contributed by atoms with Gasteiger partial charge in [0.15, 0.2) is 0 Å². The fourth-order valence-electron chi connectivity index (χ4n) is 3.06. The van der Waals surface area contributed by atoms with E-state index in [-0.39, 0.29) is 4.90 Å². The van der Waals surface area contributed by atoms with E-state index in [0.29, 0.717) is 5.39 Å². The highest BCUT2D eigenvalue weighted by Crippen LogP contribution is 2.37. The number of rotatable bonds is 3. The molecule has 1 saturated heterocycles. The number of nitrogens with one attached hydrogen (secondary N) is 1. The van der Waals surface area contributed by atoms with Gasteiger partial charge in [-0.15, -0.1) is 0 Å². The minimum Gasteiger partial charge on any atom is -0.399 e. The predicted molar refractivity (Wildman–Crippen MR) is 108 cm³/mol. The summed E-state index contributed by atoms with van der Waals surface area (Å²) >= 11 is 0. The van der Waals surface area contributed by atoms with Gasteiger partial charge in [0.2, 0.25) is 10.0 Å². The zero-order chi connectivity index (χ0) is 20.3. The molecular weight excluding hydrogens is 363 g/mol. The molecule has 1 aromatic carbocycles. The van der Waals surface area contributed by atoms with Crippen molar-refractivity contribution in [2.24, 2.45) is 0 Å². The maximum atomic E-state index is 12.9. The molecule has 3 rings (SSSR count). The molecule has 1 fully saturated rings. The summed E-state index contributed by atoms with van der Waals surface area (Å²) in [4.78, 5) is 4.33. The quantitative estimate of drug-likeness (QED) is 0.816. The van der Waals surface area contributed by atoms with Crippen LogP contribution in [0.4, 0.5) is 0 Å². The third-order valence-electron chi connectivity index (χ3n) is 5.05. The lowest BCUT2D eigenvalue weighted by Crippen LogP contribution is -2.41. The van der Waals surface area contributed by atoms with Gasteiger partial charge in [-0.25, -0.2) is 13.1 Å². The molecule has 1 aliphatic heterocycles. The van der Waals surface area contributed by atoms with Gasteiger partial charge in [0.25, 0.3) is 0 Å². The van der Waals surface area contributed by atoms with Gasteiger partial charge in [-0.3, -0.25) is 4.98 Å². The zero-order valence-electron chi connectivity index (χ0n) is 17.0. The van der Waals surface area contributed by atoms with E-state index in [1.54, 1.807) is 30.6 Å². The molecular formula is C19H27BN2O4S. The molecule has 6 nitrogen and oxygen atoms in total. The Labute approximate surface area is 161 Å². The molecule has 1 aliphatic rings. The number of benzene rings is 1. The Kier molecular flexibility index (Phi) is 4.71. The first-order chi connectivity index (χ1) is 12.2. The summed E-state index contributed by atoms with van der Waals surface area (Å²) in [5.74, 6) is 0. The first kappa shape index (κ1) is 20.3. The van der Waals surface area contributed by atoms with Crippen LogP contribution < -0.4 is 10.2 Å². The van der Waals surface area contributed by atoms with Gasteiger partial charge >= 0.3 is 7.12 Å². The summed E-state index contributed by atoms with van der Waals surface area (Å²) in [6.45, 7) is 13.4. The number of pyridine rings is 1. The summed E-state index contributed by atoms with van der Waals surface area (Å²) in [6, 6.07) is 5.16. The van der Waals surface area contributed by atoms with E-state index in [1.807, 2.05) is 48.5 Å². The normalized spacial score (nSPS) is 19.6. The molecule has 0 bridgehead atoms. The molecule has 0 saturated carbocycles. The second-order valence-electron chi connectivity index (χ2n) is 9.02. The number of fused-ring (bicyclic) bond motifs is 1. The van der Waals surface area contributed by atoms with Crippen molar-refractivity contribution in [3.63, 3.8) is 0 Å². The minimum atomic E-state index is -3.70. The number of aromatic nitrogens is 1. The Hall–Kier alpha value is -1.48. The Bertz CT molecular complexity index is 965. The molecule has 1 N–H and O–H groups in total. The van der Waals surface area contributed by atoms with Gasteiger partial charge in [0.05, 0.1) is 16.1 Å². The summed E-state index contributed by atoms with van der Waals surface area (Å²) in [6.07, 6.45) is 3.21. The third-order valence-corrected chi connectivity index (χ3v) is 6.87. The largest absolute Gasteiger partial charge is 0.495 e. The second-order valence-corrected chi connectivity index (χ2v) is 10.7. The van der Waals surface area contributed by atoms with Crippen molar-refractivity contribution < 1.29 is 17.7 Å². The minimum absolute atomic E-state index is 0.195. The monoisotopic (exact) mass is 390 g/mol. The van der Waals surface area contributed by atoms with Gasteiger partial charge in [-0.05, 0) is 71.4 Å². The van der Waals surface area contributed by atoms with Crippen molar-refractivity contribution in [3.8, 4) is 0 Å². The fraction of sp³-hybridized carbons (Fsp3) is 0.526. The van der Waals surface area contributed by atoms with Gasteiger partial charge in [-0.2, -0.15) is 0 Å². The molecule has 0 aliphatic carbocycles. The lowest BCUT2D eigenvalue weighted by atomic mass is 9.76. The van der Waals surface area contributed by atoms with Crippen LogP contribution in [-0.4, -0.2) is 37.3 Å². The van der Waals surface area contributed by atoms with Crippen molar-refractivity contribution in [1.29, 1.82) is 0 Å². The Balaban J connectivity index is 2.13. The van der Waals surface area contributed by atoms with E-state index in [9.17, 15) is 8.42 Å². The first-order valence-electron chi connectivity index (χ1n) is 9.00. The molecule has 146 valence electrons. The number of sulfonamides is 1. The molecule has 27 heavy (non-hydrogen) atoms. The van der Waals surface area contributed by atoms with Crippen molar-refractivity contribution in [2.75, 3.05) is 0 Å². The zero-order valence-corrected chi connectivity index (χ0v) is 17.8. The standard InChI is InChI=1S/C19H27BN2O4S/c1-17(2,3)22-27(23,24)16-9-8-15(13-10-11-21-12-14(13)16)20-25-18(4,5)19(6,7)26-20/h8-12,22H,1-7H3. The first-order valence-corrected chi connectivity index (χ1v) is 10.5. The molecule has 0 unspecified atom stereocenters. The maximum Gasteiger partial charge on any atom is 0.495 e. The number of hydrogen-bond donors (Lipinski definition) is 1. The molecule has 2 aromatic rings. The van der Waals surface area contributed by atoms with Crippen LogP contribution in [0.15, 0.2) is 35.5 Å². The maximum absolute atomic E-state index is 12.9. The lowest BCUT2D eigenvalue weighted by molar-refractivity contribution is 0.00578. The van der Waals surface area contributed by atoms with E-state index in [0.717, 1.165) is 10.8 Å². The van der Waals surface area contributed by atoms with E-state index in [4.69, 9.17) is 9.31 Å². The Morgan fingerprint density at radius 3 is 2.15 bits per heavy atom. The molecule has 0 atom stereocenters. The van der Waals surface area contributed by atoms with Gasteiger partial charge in [-0.1, -0.05) is 6.07 Å². The summed E-state index contributed by atoms with van der Waals surface area (Å²) in [7, 11) is -4.28. The van der Waals surface area contributed by atoms with E-state index < -0.39 is 33.9 Å². The van der Waals surface area contributed by atoms with Crippen molar-refractivity contribution in [3.05, 3.63) is 30.6 Å². The molecule has 0 spiro atoms. The van der Waals surface area contributed by atoms with Crippen molar-refractivity contribution in [2.45, 2.75) is 70.1 Å². The van der Waals surface area contributed by atoms with E-state index in [2.05, 4.69) is 9.71 Å².